The van der Waals surface area contributed by atoms with E-state index in [1.165, 1.54) is 31.4 Å². The van der Waals surface area contributed by atoms with E-state index in [2.05, 4.69) is 5.32 Å². The highest BCUT2D eigenvalue weighted by atomic mass is 35.5. The van der Waals surface area contributed by atoms with E-state index >= 15 is 0 Å². The highest BCUT2D eigenvalue weighted by Crippen LogP contribution is 2.28. The van der Waals surface area contributed by atoms with Gasteiger partial charge < -0.3 is 14.8 Å². The quantitative estimate of drug-likeness (QED) is 0.305. The zero-order valence-corrected chi connectivity index (χ0v) is 16.5. The largest absolute Gasteiger partial charge is 0.493 e. The predicted octanol–water partition coefficient (Wildman–Crippen LogP) is 3.53. The molecule has 0 aliphatic carbocycles. The van der Waals surface area contributed by atoms with E-state index in [1.807, 2.05) is 6.07 Å². The molecule has 0 aromatic heterocycles. The third-order valence-corrected chi connectivity index (χ3v) is 4.31. The average Bonchev–Trinajstić information content (AvgIpc) is 2.72. The minimum absolute atomic E-state index is 0.0231. The number of ether oxygens (including phenoxy) is 2. The molecule has 150 valence electrons. The molecule has 0 radical (unpaired) electrons. The van der Waals surface area contributed by atoms with Crippen molar-refractivity contribution in [3.8, 4) is 17.6 Å². The molecule has 0 aliphatic heterocycles. The van der Waals surface area contributed by atoms with Crippen molar-refractivity contribution in [2.75, 3.05) is 20.8 Å². The van der Waals surface area contributed by atoms with Crippen LogP contribution in [0, 0.1) is 21.4 Å². The molecule has 0 heterocycles. The summed E-state index contributed by atoms with van der Waals surface area (Å²) >= 11 is 5.77. The van der Waals surface area contributed by atoms with Gasteiger partial charge in [0.2, 0.25) is 0 Å². The molecule has 9 heteroatoms. The molecule has 2 rings (SSSR count). The zero-order valence-electron chi connectivity index (χ0n) is 15.8. The number of amides is 1. The van der Waals surface area contributed by atoms with Crippen molar-refractivity contribution in [3.63, 3.8) is 0 Å². The molecule has 0 fully saturated rings. The molecule has 1 amide bonds. The number of hydrogen-bond donors (Lipinski definition) is 1. The summed E-state index contributed by atoms with van der Waals surface area (Å²) in [5.74, 6) is 0.607. The Balaban J connectivity index is 2.05. The SMILES string of the molecule is COc1ccc(CCNC(=O)/C(C#N)=C/c2ccc(Cl)c([N+](=O)[O-])c2)cc1OC. The third kappa shape index (κ3) is 5.70. The maximum atomic E-state index is 12.3. The molecular weight excluding hydrogens is 398 g/mol. The molecule has 0 spiro atoms. The monoisotopic (exact) mass is 415 g/mol. The second kappa shape index (κ2) is 10.1. The van der Waals surface area contributed by atoms with E-state index < -0.39 is 10.8 Å². The Hall–Kier alpha value is -3.57. The fourth-order valence-electron chi connectivity index (χ4n) is 2.53. The third-order valence-electron chi connectivity index (χ3n) is 3.99. The number of methoxy groups -OCH3 is 2. The first kappa shape index (κ1) is 21.7. The van der Waals surface area contributed by atoms with Gasteiger partial charge in [0.05, 0.1) is 19.1 Å². The molecule has 2 aromatic carbocycles. The number of nitrogens with zero attached hydrogens (tertiary/aromatic N) is 2. The molecular formula is C20H18ClN3O5. The Morgan fingerprint density at radius 3 is 2.59 bits per heavy atom. The van der Waals surface area contributed by atoms with Gasteiger partial charge in [-0.2, -0.15) is 5.26 Å². The number of nitrogens with one attached hydrogen (secondary N) is 1. The van der Waals surface area contributed by atoms with Crippen LogP contribution in [0.15, 0.2) is 42.0 Å². The van der Waals surface area contributed by atoms with Crippen molar-refractivity contribution in [1.82, 2.24) is 5.32 Å². The van der Waals surface area contributed by atoms with E-state index in [0.29, 0.717) is 23.5 Å². The Kier molecular flexibility index (Phi) is 7.57. The number of nitriles is 1. The van der Waals surface area contributed by atoms with Crippen LogP contribution < -0.4 is 14.8 Å². The van der Waals surface area contributed by atoms with Gasteiger partial charge in [-0.25, -0.2) is 0 Å². The smallest absolute Gasteiger partial charge is 0.288 e. The number of nitro benzene ring substituents is 1. The summed E-state index contributed by atoms with van der Waals surface area (Å²) in [6, 6.07) is 11.3. The minimum Gasteiger partial charge on any atom is -0.493 e. The molecule has 8 nitrogen and oxygen atoms in total. The van der Waals surface area contributed by atoms with Crippen LogP contribution >= 0.6 is 11.6 Å². The molecule has 29 heavy (non-hydrogen) atoms. The normalized spacial score (nSPS) is 10.8. The Bertz CT molecular complexity index is 998. The molecule has 2 aromatic rings. The first-order valence-electron chi connectivity index (χ1n) is 8.44. The zero-order chi connectivity index (χ0) is 21.4. The fourth-order valence-corrected chi connectivity index (χ4v) is 2.71. The topological polar surface area (TPSA) is 114 Å². The van der Waals surface area contributed by atoms with Crippen molar-refractivity contribution in [2.24, 2.45) is 0 Å². The van der Waals surface area contributed by atoms with Crippen molar-refractivity contribution in [3.05, 3.63) is 68.2 Å². The lowest BCUT2D eigenvalue weighted by atomic mass is 10.1. The Labute approximate surface area is 172 Å². The van der Waals surface area contributed by atoms with Gasteiger partial charge in [-0.15, -0.1) is 0 Å². The lowest BCUT2D eigenvalue weighted by molar-refractivity contribution is -0.384. The van der Waals surface area contributed by atoms with Crippen LogP contribution in [0.1, 0.15) is 11.1 Å². The molecule has 0 unspecified atom stereocenters. The van der Waals surface area contributed by atoms with Crippen LogP contribution in [0.4, 0.5) is 5.69 Å². The maximum absolute atomic E-state index is 12.3. The molecule has 1 N–H and O–H groups in total. The van der Waals surface area contributed by atoms with E-state index in [-0.39, 0.29) is 22.8 Å². The number of carbonyl (C=O) groups is 1. The Morgan fingerprint density at radius 2 is 1.97 bits per heavy atom. The van der Waals surface area contributed by atoms with Crippen LogP contribution in [-0.4, -0.2) is 31.6 Å². The van der Waals surface area contributed by atoms with Gasteiger partial charge in [-0.05, 0) is 41.8 Å². The lowest BCUT2D eigenvalue weighted by Gasteiger charge is -2.10. The summed E-state index contributed by atoms with van der Waals surface area (Å²) in [6.45, 7) is 0.286. The van der Waals surface area contributed by atoms with Crippen LogP contribution in [0.25, 0.3) is 6.08 Å². The number of hydrogen-bond acceptors (Lipinski definition) is 6. The van der Waals surface area contributed by atoms with Gasteiger partial charge in [0.1, 0.15) is 16.7 Å². The van der Waals surface area contributed by atoms with Crippen LogP contribution in [0.2, 0.25) is 5.02 Å². The van der Waals surface area contributed by atoms with Gasteiger partial charge in [0.15, 0.2) is 11.5 Å². The molecule has 0 saturated heterocycles. The molecule has 0 bridgehead atoms. The molecule has 0 aliphatic rings. The number of benzene rings is 2. The summed E-state index contributed by atoms with van der Waals surface area (Å²) in [6.07, 6.45) is 1.78. The van der Waals surface area contributed by atoms with Gasteiger partial charge in [0.25, 0.3) is 11.6 Å². The van der Waals surface area contributed by atoms with Crippen molar-refractivity contribution < 1.29 is 19.2 Å². The van der Waals surface area contributed by atoms with Crippen LogP contribution in [0.3, 0.4) is 0 Å². The van der Waals surface area contributed by atoms with Gasteiger partial charge in [-0.1, -0.05) is 23.7 Å². The van der Waals surface area contributed by atoms with Crippen molar-refractivity contribution in [2.45, 2.75) is 6.42 Å². The first-order valence-corrected chi connectivity index (χ1v) is 8.82. The van der Waals surface area contributed by atoms with Gasteiger partial charge in [0, 0.05) is 12.6 Å². The van der Waals surface area contributed by atoms with E-state index in [0.717, 1.165) is 5.56 Å². The summed E-state index contributed by atoms with van der Waals surface area (Å²) < 4.78 is 10.4. The van der Waals surface area contributed by atoms with Crippen molar-refractivity contribution >= 4 is 29.3 Å². The van der Waals surface area contributed by atoms with Crippen molar-refractivity contribution in [1.29, 1.82) is 5.26 Å². The summed E-state index contributed by atoms with van der Waals surface area (Å²) in [4.78, 5) is 22.6. The highest BCUT2D eigenvalue weighted by molar-refractivity contribution is 6.32. The van der Waals surface area contributed by atoms with Crippen LogP contribution in [0.5, 0.6) is 11.5 Å². The highest BCUT2D eigenvalue weighted by Gasteiger charge is 2.14. The minimum atomic E-state index is -0.630. The summed E-state index contributed by atoms with van der Waals surface area (Å²) in [5, 5.41) is 22.9. The second-order valence-corrected chi connectivity index (χ2v) is 6.24. The first-order chi connectivity index (χ1) is 13.9. The van der Waals surface area contributed by atoms with Gasteiger partial charge in [-0.3, -0.25) is 14.9 Å². The van der Waals surface area contributed by atoms with E-state index in [1.54, 1.807) is 25.3 Å². The van der Waals surface area contributed by atoms with E-state index in [9.17, 15) is 20.2 Å². The summed E-state index contributed by atoms with van der Waals surface area (Å²) in [5.41, 5.74) is 0.770. The number of rotatable bonds is 8. The van der Waals surface area contributed by atoms with E-state index in [4.69, 9.17) is 21.1 Å². The fraction of sp³-hybridized carbons (Fsp3) is 0.200. The number of nitro groups is 1. The standard InChI is InChI=1S/C20H18ClN3O5/c1-28-18-6-4-13(11-19(18)29-2)7-8-23-20(25)15(12-22)9-14-3-5-16(21)17(10-14)24(26)27/h3-6,9-11H,7-8H2,1-2H3,(H,23,25)/b15-9+. The Morgan fingerprint density at radius 1 is 1.24 bits per heavy atom. The second-order valence-electron chi connectivity index (χ2n) is 5.83. The lowest BCUT2D eigenvalue weighted by Crippen LogP contribution is -2.26. The van der Waals surface area contributed by atoms with Crippen LogP contribution in [-0.2, 0) is 11.2 Å². The predicted molar refractivity (Wildman–Crippen MR) is 108 cm³/mol. The molecule has 0 saturated carbocycles. The molecule has 0 atom stereocenters. The summed E-state index contributed by atoms with van der Waals surface area (Å²) in [7, 11) is 3.08. The maximum Gasteiger partial charge on any atom is 0.288 e. The van der Waals surface area contributed by atoms with Gasteiger partial charge >= 0.3 is 0 Å². The number of carbonyl (C=O) groups excluding carboxylic acids is 1. The average molecular weight is 416 g/mol. The number of halogens is 1.